The van der Waals surface area contributed by atoms with Gasteiger partial charge in [0.15, 0.2) is 5.69 Å². The van der Waals surface area contributed by atoms with Gasteiger partial charge in [0.1, 0.15) is 0 Å². The highest BCUT2D eigenvalue weighted by Crippen LogP contribution is 2.23. The van der Waals surface area contributed by atoms with Crippen molar-refractivity contribution in [2.24, 2.45) is 0 Å². The number of hydrogen-bond acceptors (Lipinski definition) is 5. The number of thiophene rings is 1. The molecular weight excluding hydrogens is 350 g/mol. The zero-order valence-electron chi connectivity index (χ0n) is 13.5. The molecule has 1 aliphatic rings. The van der Waals surface area contributed by atoms with Crippen LogP contribution in [0.2, 0.25) is 0 Å². The third-order valence-electron chi connectivity index (χ3n) is 3.90. The second-order valence-corrected chi connectivity index (χ2v) is 8.72. The summed E-state index contributed by atoms with van der Waals surface area (Å²) in [7, 11) is -0.426. The zero-order chi connectivity index (χ0) is 17.3. The minimum atomic E-state index is -3.43. The van der Waals surface area contributed by atoms with E-state index < -0.39 is 10.2 Å². The Balaban J connectivity index is 1.66. The van der Waals surface area contributed by atoms with Gasteiger partial charge in [0.2, 0.25) is 0 Å². The highest BCUT2D eigenvalue weighted by atomic mass is 32.2. The minimum absolute atomic E-state index is 0.184. The quantitative estimate of drug-likeness (QED) is 0.859. The van der Waals surface area contributed by atoms with Crippen molar-refractivity contribution in [3.8, 4) is 10.6 Å². The van der Waals surface area contributed by atoms with Gasteiger partial charge >= 0.3 is 0 Å². The van der Waals surface area contributed by atoms with Crippen LogP contribution >= 0.6 is 11.3 Å². The Morgan fingerprint density at radius 1 is 1.29 bits per heavy atom. The summed E-state index contributed by atoms with van der Waals surface area (Å²) in [6.07, 6.45) is 0. The van der Waals surface area contributed by atoms with Gasteiger partial charge in [0.25, 0.3) is 16.1 Å². The summed E-state index contributed by atoms with van der Waals surface area (Å²) in [5.41, 5.74) is 1.16. The van der Waals surface area contributed by atoms with Crippen molar-refractivity contribution in [2.75, 3.05) is 40.3 Å². The van der Waals surface area contributed by atoms with E-state index in [0.717, 1.165) is 10.6 Å². The van der Waals surface area contributed by atoms with Crippen molar-refractivity contribution in [3.63, 3.8) is 0 Å². The standard InChI is InChI=1S/C14H19N5O3S2/c1-17(2)24(21,22)19-7-5-18(6-8-19)14(20)12-10-11(15-16-12)13-4-3-9-23-13/h3-4,9-10H,5-8H2,1-2H3,(H,15,16). The summed E-state index contributed by atoms with van der Waals surface area (Å²) in [5.74, 6) is -0.184. The number of aromatic nitrogens is 2. The molecule has 1 saturated heterocycles. The van der Waals surface area contributed by atoms with Crippen LogP contribution in [0.5, 0.6) is 0 Å². The average molecular weight is 369 g/mol. The van der Waals surface area contributed by atoms with Gasteiger partial charge < -0.3 is 4.90 Å². The van der Waals surface area contributed by atoms with Crippen LogP contribution in [-0.2, 0) is 10.2 Å². The fourth-order valence-corrected chi connectivity index (χ4v) is 4.28. The number of piperazine rings is 1. The van der Waals surface area contributed by atoms with Gasteiger partial charge in [-0.3, -0.25) is 9.89 Å². The predicted octanol–water partition coefficient (Wildman–Crippen LogP) is 0.702. The molecule has 0 radical (unpaired) electrons. The zero-order valence-corrected chi connectivity index (χ0v) is 15.1. The van der Waals surface area contributed by atoms with Crippen LogP contribution in [0.15, 0.2) is 23.6 Å². The van der Waals surface area contributed by atoms with Crippen molar-refractivity contribution in [3.05, 3.63) is 29.3 Å². The first-order chi connectivity index (χ1) is 11.4. The summed E-state index contributed by atoms with van der Waals surface area (Å²) in [6.45, 7) is 1.28. The minimum Gasteiger partial charge on any atom is -0.335 e. The van der Waals surface area contributed by atoms with Crippen LogP contribution in [-0.4, -0.2) is 78.3 Å². The van der Waals surface area contributed by atoms with Gasteiger partial charge in [0.05, 0.1) is 10.6 Å². The van der Waals surface area contributed by atoms with E-state index >= 15 is 0 Å². The van der Waals surface area contributed by atoms with E-state index in [0.29, 0.717) is 18.8 Å². The topological polar surface area (TPSA) is 89.6 Å². The highest BCUT2D eigenvalue weighted by Gasteiger charge is 2.31. The van der Waals surface area contributed by atoms with Gasteiger partial charge in [-0.05, 0) is 17.5 Å². The predicted molar refractivity (Wildman–Crippen MR) is 92.0 cm³/mol. The molecule has 2 aromatic heterocycles. The molecule has 3 rings (SSSR count). The number of carbonyl (C=O) groups is 1. The number of rotatable bonds is 4. The molecule has 0 bridgehead atoms. The first-order valence-corrected chi connectivity index (χ1v) is 9.73. The summed E-state index contributed by atoms with van der Waals surface area (Å²) < 4.78 is 26.8. The molecule has 8 nitrogen and oxygen atoms in total. The van der Waals surface area contributed by atoms with Crippen LogP contribution < -0.4 is 0 Å². The van der Waals surface area contributed by atoms with Gasteiger partial charge in [-0.25, -0.2) is 0 Å². The maximum atomic E-state index is 12.5. The Hall–Kier alpha value is -1.75. The summed E-state index contributed by atoms with van der Waals surface area (Å²) in [5, 5.41) is 8.93. The Kier molecular flexibility index (Phi) is 4.72. The maximum absolute atomic E-state index is 12.5. The Morgan fingerprint density at radius 2 is 2.00 bits per heavy atom. The number of nitrogens with one attached hydrogen (secondary N) is 1. The number of H-pyrrole nitrogens is 1. The molecule has 0 atom stereocenters. The van der Waals surface area contributed by atoms with Crippen molar-refractivity contribution < 1.29 is 13.2 Å². The molecule has 24 heavy (non-hydrogen) atoms. The summed E-state index contributed by atoms with van der Waals surface area (Å²) in [6, 6.07) is 5.63. The van der Waals surface area contributed by atoms with E-state index in [4.69, 9.17) is 0 Å². The third-order valence-corrected chi connectivity index (χ3v) is 6.74. The van der Waals surface area contributed by atoms with Gasteiger partial charge in [-0.2, -0.15) is 22.1 Å². The van der Waals surface area contributed by atoms with Gasteiger partial charge in [0, 0.05) is 40.3 Å². The van der Waals surface area contributed by atoms with E-state index in [9.17, 15) is 13.2 Å². The molecule has 3 heterocycles. The number of hydrogen-bond donors (Lipinski definition) is 1. The molecule has 0 saturated carbocycles. The summed E-state index contributed by atoms with van der Waals surface area (Å²) >= 11 is 1.57. The van der Waals surface area contributed by atoms with Gasteiger partial charge in [-0.15, -0.1) is 11.3 Å². The molecule has 1 N–H and O–H groups in total. The molecule has 10 heteroatoms. The van der Waals surface area contributed by atoms with E-state index in [1.54, 1.807) is 22.3 Å². The molecule has 1 fully saturated rings. The van der Waals surface area contributed by atoms with Crippen molar-refractivity contribution in [2.45, 2.75) is 0 Å². The lowest BCUT2D eigenvalue weighted by molar-refractivity contribution is 0.0689. The Bertz CT molecular complexity index is 805. The molecule has 1 amide bonds. The number of nitrogens with zero attached hydrogens (tertiary/aromatic N) is 4. The first-order valence-electron chi connectivity index (χ1n) is 7.46. The lowest BCUT2D eigenvalue weighted by atomic mass is 10.2. The van der Waals surface area contributed by atoms with E-state index in [1.165, 1.54) is 22.7 Å². The van der Waals surface area contributed by atoms with Crippen LogP contribution in [0.4, 0.5) is 0 Å². The normalized spacial score (nSPS) is 16.7. The van der Waals surface area contributed by atoms with Crippen molar-refractivity contribution >= 4 is 27.5 Å². The molecule has 0 aliphatic carbocycles. The van der Waals surface area contributed by atoms with Crippen LogP contribution in [0, 0.1) is 0 Å². The first kappa shape index (κ1) is 17.1. The second-order valence-electron chi connectivity index (χ2n) is 5.63. The monoisotopic (exact) mass is 369 g/mol. The number of aromatic amines is 1. The number of amides is 1. The molecule has 0 spiro atoms. The van der Waals surface area contributed by atoms with Crippen LogP contribution in [0.1, 0.15) is 10.5 Å². The third kappa shape index (κ3) is 3.22. The fraction of sp³-hybridized carbons (Fsp3) is 0.429. The smallest absolute Gasteiger partial charge is 0.281 e. The lowest BCUT2D eigenvalue weighted by Gasteiger charge is -2.34. The Morgan fingerprint density at radius 3 is 2.58 bits per heavy atom. The Labute approximate surface area is 144 Å². The van der Waals surface area contributed by atoms with Crippen molar-refractivity contribution in [1.29, 1.82) is 0 Å². The largest absolute Gasteiger partial charge is 0.335 e. The van der Waals surface area contributed by atoms with Crippen LogP contribution in [0.3, 0.4) is 0 Å². The van der Waals surface area contributed by atoms with E-state index in [2.05, 4.69) is 10.2 Å². The maximum Gasteiger partial charge on any atom is 0.281 e. The fourth-order valence-electron chi connectivity index (χ4n) is 2.50. The van der Waals surface area contributed by atoms with Crippen LogP contribution in [0.25, 0.3) is 10.6 Å². The molecule has 1 aliphatic heterocycles. The average Bonchev–Trinajstić information content (AvgIpc) is 3.25. The molecular formula is C14H19N5O3S2. The molecule has 0 unspecified atom stereocenters. The lowest BCUT2D eigenvalue weighted by Crippen LogP contribution is -2.53. The molecule has 0 aromatic carbocycles. The van der Waals surface area contributed by atoms with Gasteiger partial charge in [-0.1, -0.05) is 6.07 Å². The second kappa shape index (κ2) is 6.63. The molecule has 130 valence electrons. The summed E-state index contributed by atoms with van der Waals surface area (Å²) in [4.78, 5) is 15.2. The van der Waals surface area contributed by atoms with E-state index in [-0.39, 0.29) is 19.0 Å². The van der Waals surface area contributed by atoms with Crippen molar-refractivity contribution in [1.82, 2.24) is 23.7 Å². The highest BCUT2D eigenvalue weighted by molar-refractivity contribution is 7.86. The van der Waals surface area contributed by atoms with E-state index in [1.807, 2.05) is 17.5 Å². The number of carbonyl (C=O) groups excluding carboxylic acids is 1. The molecule has 2 aromatic rings. The SMILES string of the molecule is CN(C)S(=O)(=O)N1CCN(C(=O)c2cc(-c3cccs3)[nH]n2)CC1.